The first-order valence-electron chi connectivity index (χ1n) is 10.4. The van der Waals surface area contributed by atoms with Crippen LogP contribution in [0.1, 0.15) is 51.0 Å². The highest BCUT2D eigenvalue weighted by molar-refractivity contribution is 9.10. The number of nitrogens with zero attached hydrogens (tertiary/aromatic N) is 2. The van der Waals surface area contributed by atoms with Crippen molar-refractivity contribution in [1.82, 2.24) is 9.80 Å². The van der Waals surface area contributed by atoms with Crippen molar-refractivity contribution in [3.05, 3.63) is 41.2 Å². The molecule has 1 aromatic carbocycles. The molecule has 0 amide bonds. The van der Waals surface area contributed by atoms with Gasteiger partial charge in [0, 0.05) is 43.1 Å². The second-order valence-electron chi connectivity index (χ2n) is 9.58. The Balaban J connectivity index is 1.79. The summed E-state index contributed by atoms with van der Waals surface area (Å²) in [7, 11) is 2.19. The third-order valence-corrected chi connectivity index (χ3v) is 7.39. The maximum Gasteiger partial charge on any atom is 0.0728 e. The summed E-state index contributed by atoms with van der Waals surface area (Å²) in [4.78, 5) is 4.93. The highest BCUT2D eigenvalue weighted by atomic mass is 79.9. The lowest BCUT2D eigenvalue weighted by atomic mass is 9.64. The molecule has 4 heteroatoms. The van der Waals surface area contributed by atoms with Crippen LogP contribution < -0.4 is 0 Å². The van der Waals surface area contributed by atoms with Gasteiger partial charge in [-0.05, 0) is 50.4 Å². The van der Waals surface area contributed by atoms with E-state index in [1.54, 1.807) is 0 Å². The van der Waals surface area contributed by atoms with E-state index in [-0.39, 0.29) is 11.3 Å². The smallest absolute Gasteiger partial charge is 0.0728 e. The Morgan fingerprint density at radius 2 is 1.85 bits per heavy atom. The van der Waals surface area contributed by atoms with Gasteiger partial charge in [-0.25, -0.2) is 0 Å². The lowest BCUT2D eigenvalue weighted by Gasteiger charge is -2.48. The van der Waals surface area contributed by atoms with Gasteiger partial charge in [0.2, 0.25) is 0 Å². The summed E-state index contributed by atoms with van der Waals surface area (Å²) in [6.07, 6.45) is 3.89. The molecule has 1 heterocycles. The molecule has 3 rings (SSSR count). The van der Waals surface area contributed by atoms with Crippen LogP contribution in [-0.2, 0) is 0 Å². The number of hydrogen-bond acceptors (Lipinski definition) is 3. The van der Waals surface area contributed by atoms with E-state index in [1.165, 1.54) is 5.56 Å². The highest BCUT2D eigenvalue weighted by Crippen LogP contribution is 2.47. The van der Waals surface area contributed by atoms with E-state index in [4.69, 9.17) is 0 Å². The maximum atomic E-state index is 11.8. The molecule has 2 fully saturated rings. The summed E-state index contributed by atoms with van der Waals surface area (Å²) in [6, 6.07) is 8.57. The molecular formula is C23H36BrN2O-. The molecule has 0 spiro atoms. The van der Waals surface area contributed by atoms with E-state index in [0.717, 1.165) is 62.9 Å². The Hall–Kier alpha value is -0.420. The van der Waals surface area contributed by atoms with Crippen molar-refractivity contribution in [2.75, 3.05) is 39.8 Å². The van der Waals surface area contributed by atoms with Crippen molar-refractivity contribution in [3.63, 3.8) is 0 Å². The Morgan fingerprint density at radius 3 is 2.41 bits per heavy atom. The topological polar surface area (TPSA) is 26.7 Å². The number of likely N-dealkylation sites (N-methyl/N-ethyl adjacent to an activating group) is 1. The highest BCUT2D eigenvalue weighted by Gasteiger charge is 2.42. The van der Waals surface area contributed by atoms with Gasteiger partial charge in [0.25, 0.3) is 0 Å². The van der Waals surface area contributed by atoms with Crippen LogP contribution in [-0.4, -0.2) is 60.3 Å². The lowest BCUT2D eigenvalue weighted by Crippen LogP contribution is -2.50. The molecule has 1 atom stereocenters. The molecule has 1 aromatic rings. The zero-order valence-electron chi connectivity index (χ0n) is 17.3. The molecule has 27 heavy (non-hydrogen) atoms. The van der Waals surface area contributed by atoms with Crippen molar-refractivity contribution >= 4 is 15.9 Å². The SMILES string of the molecule is [CH2-]C(C)(C)C1CCC(O)(C(CN2CCN(C)CC2)c2cccc(Br)c2)CC1. The molecule has 2 aliphatic rings. The molecule has 1 aliphatic heterocycles. The maximum absolute atomic E-state index is 11.8. The van der Waals surface area contributed by atoms with Gasteiger partial charge in [-0.3, -0.25) is 0 Å². The molecule has 0 aromatic heterocycles. The number of aliphatic hydroxyl groups is 1. The summed E-state index contributed by atoms with van der Waals surface area (Å²) in [6.45, 7) is 14.2. The van der Waals surface area contributed by atoms with Crippen molar-refractivity contribution in [2.45, 2.75) is 51.0 Å². The van der Waals surface area contributed by atoms with Crippen LogP contribution in [0.25, 0.3) is 0 Å². The standard InChI is InChI=1S/C23H36BrN2O/c1-22(2,3)19-8-10-23(27,11-9-19)21(18-6-5-7-20(24)16-18)17-26-14-12-25(4)13-15-26/h5-7,16,19,21,27H,1,8-15,17H2,2-4H3/q-1. The van der Waals surface area contributed by atoms with E-state index in [2.05, 4.69) is 77.8 Å². The van der Waals surface area contributed by atoms with Gasteiger partial charge in [-0.1, -0.05) is 47.8 Å². The van der Waals surface area contributed by atoms with Gasteiger partial charge < -0.3 is 21.8 Å². The number of benzene rings is 1. The van der Waals surface area contributed by atoms with Crippen LogP contribution in [0.4, 0.5) is 0 Å². The molecule has 1 N–H and O–H groups in total. The van der Waals surface area contributed by atoms with Gasteiger partial charge in [0.05, 0.1) is 5.60 Å². The first-order chi connectivity index (χ1) is 12.7. The zero-order chi connectivity index (χ0) is 19.7. The van der Waals surface area contributed by atoms with Crippen molar-refractivity contribution in [2.24, 2.45) is 11.3 Å². The second kappa shape index (κ2) is 8.52. The van der Waals surface area contributed by atoms with Gasteiger partial charge >= 0.3 is 0 Å². The van der Waals surface area contributed by atoms with Gasteiger partial charge in [-0.15, -0.1) is 0 Å². The predicted molar refractivity (Wildman–Crippen MR) is 117 cm³/mol. The monoisotopic (exact) mass is 435 g/mol. The number of halogens is 1. The van der Waals surface area contributed by atoms with E-state index >= 15 is 0 Å². The largest absolute Gasteiger partial charge is 0.389 e. The Kier molecular flexibility index (Phi) is 6.72. The quantitative estimate of drug-likeness (QED) is 0.686. The lowest BCUT2D eigenvalue weighted by molar-refractivity contribution is -0.0531. The zero-order valence-corrected chi connectivity index (χ0v) is 18.8. The third-order valence-electron chi connectivity index (χ3n) is 6.89. The summed E-state index contributed by atoms with van der Waals surface area (Å²) in [5.41, 5.74) is 0.730. The fourth-order valence-corrected chi connectivity index (χ4v) is 5.26. The molecule has 3 nitrogen and oxygen atoms in total. The minimum absolute atomic E-state index is 0.0874. The number of rotatable bonds is 5. The first kappa shape index (κ1) is 21.3. The van der Waals surface area contributed by atoms with Crippen LogP contribution in [0.3, 0.4) is 0 Å². The van der Waals surface area contributed by atoms with E-state index in [9.17, 15) is 5.11 Å². The normalized spacial score (nSPS) is 29.6. The molecule has 1 saturated carbocycles. The average molecular weight is 436 g/mol. The summed E-state index contributed by atoms with van der Waals surface area (Å²) >= 11 is 3.63. The van der Waals surface area contributed by atoms with Crippen LogP contribution in [0.15, 0.2) is 28.7 Å². The minimum Gasteiger partial charge on any atom is -0.389 e. The van der Waals surface area contributed by atoms with E-state index < -0.39 is 5.60 Å². The van der Waals surface area contributed by atoms with Crippen molar-refractivity contribution in [1.29, 1.82) is 0 Å². The molecule has 1 aliphatic carbocycles. The van der Waals surface area contributed by atoms with Crippen molar-refractivity contribution in [3.8, 4) is 0 Å². The average Bonchev–Trinajstić information content (AvgIpc) is 2.60. The molecule has 0 radical (unpaired) electrons. The molecule has 1 unspecified atom stereocenters. The molecular weight excluding hydrogens is 400 g/mol. The minimum atomic E-state index is -0.619. The number of hydrogen-bond donors (Lipinski definition) is 1. The Bertz CT molecular complexity index is 611. The Labute approximate surface area is 174 Å². The molecule has 0 bridgehead atoms. The summed E-state index contributed by atoms with van der Waals surface area (Å²) in [5.74, 6) is 0.761. The fraction of sp³-hybridized carbons (Fsp3) is 0.696. The van der Waals surface area contributed by atoms with E-state index in [1.807, 2.05) is 0 Å². The van der Waals surface area contributed by atoms with Gasteiger partial charge in [0.15, 0.2) is 0 Å². The van der Waals surface area contributed by atoms with Crippen LogP contribution in [0, 0.1) is 18.3 Å². The Morgan fingerprint density at radius 1 is 1.22 bits per heavy atom. The van der Waals surface area contributed by atoms with Gasteiger partial charge in [0.1, 0.15) is 0 Å². The van der Waals surface area contributed by atoms with E-state index in [0.29, 0.717) is 5.92 Å². The fourth-order valence-electron chi connectivity index (χ4n) is 4.85. The van der Waals surface area contributed by atoms with Crippen LogP contribution in [0.2, 0.25) is 0 Å². The van der Waals surface area contributed by atoms with Crippen LogP contribution >= 0.6 is 15.9 Å². The van der Waals surface area contributed by atoms with Crippen molar-refractivity contribution < 1.29 is 5.11 Å². The third kappa shape index (κ3) is 5.35. The molecule has 152 valence electrons. The summed E-state index contributed by atoms with van der Waals surface area (Å²) < 4.78 is 1.10. The second-order valence-corrected chi connectivity index (χ2v) is 10.5. The first-order valence-corrected chi connectivity index (χ1v) is 11.2. The predicted octanol–water partition coefficient (Wildman–Crippen LogP) is 4.56. The number of piperazine rings is 1. The summed E-state index contributed by atoms with van der Waals surface area (Å²) in [5, 5.41) is 11.8. The van der Waals surface area contributed by atoms with Crippen LogP contribution in [0.5, 0.6) is 0 Å². The van der Waals surface area contributed by atoms with Gasteiger partial charge in [-0.2, -0.15) is 5.41 Å². The molecule has 1 saturated heterocycles.